The highest BCUT2D eigenvalue weighted by atomic mass is 79.9. The summed E-state index contributed by atoms with van der Waals surface area (Å²) in [6, 6.07) is 12.9. The van der Waals surface area contributed by atoms with E-state index < -0.39 is 0 Å². The van der Waals surface area contributed by atoms with Crippen LogP contribution in [0.15, 0.2) is 47.1 Å². The van der Waals surface area contributed by atoms with Gasteiger partial charge in [-0.1, -0.05) is 37.3 Å². The van der Waals surface area contributed by atoms with Crippen molar-refractivity contribution in [3.8, 4) is 0 Å². The molecule has 1 atom stereocenters. The number of rotatable bonds is 4. The fourth-order valence-corrected chi connectivity index (χ4v) is 2.41. The van der Waals surface area contributed by atoms with Gasteiger partial charge in [-0.05, 0) is 46.5 Å². The van der Waals surface area contributed by atoms with Crippen molar-refractivity contribution in [3.63, 3.8) is 0 Å². The Hall–Kier alpha value is -1.35. The van der Waals surface area contributed by atoms with E-state index in [1.807, 2.05) is 12.3 Å². The maximum Gasteiger partial charge on any atom is 0.129 e. The number of pyridine rings is 1. The van der Waals surface area contributed by atoms with Crippen LogP contribution in [-0.4, -0.2) is 4.98 Å². The Labute approximate surface area is 117 Å². The molecule has 2 rings (SSSR count). The van der Waals surface area contributed by atoms with Gasteiger partial charge in [0.25, 0.3) is 0 Å². The number of aromatic nitrogens is 1. The predicted octanol–water partition coefficient (Wildman–Crippen LogP) is 4.72. The van der Waals surface area contributed by atoms with E-state index in [1.54, 1.807) is 0 Å². The molecule has 0 aliphatic rings. The fraction of sp³-hybridized carbons (Fsp3) is 0.267. The largest absolute Gasteiger partial charge is 0.363 e. The number of hydrogen-bond donors (Lipinski definition) is 1. The lowest BCUT2D eigenvalue weighted by Crippen LogP contribution is -2.11. The van der Waals surface area contributed by atoms with E-state index in [9.17, 15) is 0 Å². The van der Waals surface area contributed by atoms with E-state index >= 15 is 0 Å². The molecule has 3 heteroatoms. The third-order valence-electron chi connectivity index (χ3n) is 2.97. The summed E-state index contributed by atoms with van der Waals surface area (Å²) < 4.78 is 1.01. The van der Waals surface area contributed by atoms with Gasteiger partial charge in [0.15, 0.2) is 0 Å². The summed E-state index contributed by atoms with van der Waals surface area (Å²) in [4.78, 5) is 4.43. The molecular formula is C15H17BrN2. The summed E-state index contributed by atoms with van der Waals surface area (Å²) in [6.07, 6.45) is 2.86. The average Bonchev–Trinajstić information content (AvgIpc) is 2.39. The van der Waals surface area contributed by atoms with Crippen molar-refractivity contribution >= 4 is 21.7 Å². The van der Waals surface area contributed by atoms with Crippen molar-refractivity contribution in [2.75, 3.05) is 5.32 Å². The topological polar surface area (TPSA) is 24.9 Å². The van der Waals surface area contributed by atoms with Crippen molar-refractivity contribution in [2.45, 2.75) is 26.3 Å². The monoisotopic (exact) mass is 304 g/mol. The Morgan fingerprint density at radius 2 is 2.00 bits per heavy atom. The molecule has 0 bridgehead atoms. The lowest BCUT2D eigenvalue weighted by molar-refractivity contribution is 0.743. The van der Waals surface area contributed by atoms with Gasteiger partial charge < -0.3 is 5.32 Å². The Morgan fingerprint density at radius 1 is 1.28 bits per heavy atom. The highest BCUT2D eigenvalue weighted by molar-refractivity contribution is 9.10. The van der Waals surface area contributed by atoms with Gasteiger partial charge in [0, 0.05) is 10.7 Å². The SMILES string of the molecule is CCC(Nc1ncc(Br)cc1C)c1ccccc1. The lowest BCUT2D eigenvalue weighted by atomic mass is 10.0. The second kappa shape index (κ2) is 6.01. The van der Waals surface area contributed by atoms with E-state index in [1.165, 1.54) is 5.56 Å². The molecule has 1 aromatic carbocycles. The van der Waals surface area contributed by atoms with Gasteiger partial charge in [-0.15, -0.1) is 0 Å². The van der Waals surface area contributed by atoms with Crippen molar-refractivity contribution in [3.05, 3.63) is 58.2 Å². The smallest absolute Gasteiger partial charge is 0.129 e. The van der Waals surface area contributed by atoms with E-state index in [4.69, 9.17) is 0 Å². The first-order chi connectivity index (χ1) is 8.70. The first kappa shape index (κ1) is 13.1. The van der Waals surface area contributed by atoms with Crippen LogP contribution < -0.4 is 5.32 Å². The van der Waals surface area contributed by atoms with Gasteiger partial charge in [0.1, 0.15) is 5.82 Å². The molecule has 0 fully saturated rings. The summed E-state index contributed by atoms with van der Waals surface area (Å²) in [5, 5.41) is 3.51. The summed E-state index contributed by atoms with van der Waals surface area (Å²) in [5.41, 5.74) is 2.45. The molecule has 2 aromatic rings. The van der Waals surface area contributed by atoms with Gasteiger partial charge in [-0.3, -0.25) is 0 Å². The Kier molecular flexibility index (Phi) is 4.37. The Bertz CT molecular complexity index is 511. The van der Waals surface area contributed by atoms with E-state index in [2.05, 4.69) is 70.4 Å². The zero-order chi connectivity index (χ0) is 13.0. The molecule has 2 nitrogen and oxygen atoms in total. The van der Waals surface area contributed by atoms with Gasteiger partial charge in [-0.25, -0.2) is 4.98 Å². The second-order valence-corrected chi connectivity index (χ2v) is 5.25. The normalized spacial score (nSPS) is 12.2. The minimum Gasteiger partial charge on any atom is -0.363 e. The van der Waals surface area contributed by atoms with Crippen LogP contribution in [0.3, 0.4) is 0 Å². The zero-order valence-electron chi connectivity index (χ0n) is 10.7. The van der Waals surface area contributed by atoms with E-state index in [0.29, 0.717) is 6.04 Å². The van der Waals surface area contributed by atoms with Crippen molar-refractivity contribution < 1.29 is 0 Å². The number of aryl methyl sites for hydroxylation is 1. The second-order valence-electron chi connectivity index (χ2n) is 4.33. The maximum atomic E-state index is 4.43. The fourth-order valence-electron chi connectivity index (χ4n) is 1.96. The number of benzene rings is 1. The molecular weight excluding hydrogens is 288 g/mol. The van der Waals surface area contributed by atoms with Crippen LogP contribution in [-0.2, 0) is 0 Å². The standard InChI is InChI=1S/C15H17BrN2/c1-3-14(12-7-5-4-6-8-12)18-15-11(2)9-13(16)10-17-15/h4-10,14H,3H2,1-2H3,(H,17,18). The van der Waals surface area contributed by atoms with Crippen LogP contribution in [0.25, 0.3) is 0 Å². The van der Waals surface area contributed by atoms with E-state index in [0.717, 1.165) is 22.3 Å². The third-order valence-corrected chi connectivity index (χ3v) is 3.40. The minimum absolute atomic E-state index is 0.304. The molecule has 1 heterocycles. The Morgan fingerprint density at radius 3 is 2.61 bits per heavy atom. The average molecular weight is 305 g/mol. The summed E-state index contributed by atoms with van der Waals surface area (Å²) in [6.45, 7) is 4.25. The number of nitrogens with one attached hydrogen (secondary N) is 1. The number of nitrogens with zero attached hydrogens (tertiary/aromatic N) is 1. The van der Waals surface area contributed by atoms with Gasteiger partial charge in [-0.2, -0.15) is 0 Å². The zero-order valence-corrected chi connectivity index (χ0v) is 12.2. The molecule has 1 aromatic heterocycles. The number of hydrogen-bond acceptors (Lipinski definition) is 2. The van der Waals surface area contributed by atoms with Crippen molar-refractivity contribution in [2.24, 2.45) is 0 Å². The summed E-state index contributed by atoms with van der Waals surface area (Å²) >= 11 is 3.43. The molecule has 1 unspecified atom stereocenters. The Balaban J connectivity index is 2.21. The molecule has 0 aliphatic carbocycles. The molecule has 94 valence electrons. The lowest BCUT2D eigenvalue weighted by Gasteiger charge is -2.19. The van der Waals surface area contributed by atoms with Crippen LogP contribution in [0, 0.1) is 6.92 Å². The molecule has 1 N–H and O–H groups in total. The molecule has 0 aliphatic heterocycles. The molecule has 0 saturated heterocycles. The highest BCUT2D eigenvalue weighted by Crippen LogP contribution is 2.24. The van der Waals surface area contributed by atoms with Crippen LogP contribution in [0.5, 0.6) is 0 Å². The van der Waals surface area contributed by atoms with Gasteiger partial charge >= 0.3 is 0 Å². The minimum atomic E-state index is 0.304. The highest BCUT2D eigenvalue weighted by Gasteiger charge is 2.10. The molecule has 0 saturated carbocycles. The van der Waals surface area contributed by atoms with Crippen LogP contribution >= 0.6 is 15.9 Å². The van der Waals surface area contributed by atoms with E-state index in [-0.39, 0.29) is 0 Å². The number of anilines is 1. The van der Waals surface area contributed by atoms with Crippen LogP contribution in [0.1, 0.15) is 30.5 Å². The number of halogens is 1. The first-order valence-electron chi connectivity index (χ1n) is 6.14. The third kappa shape index (κ3) is 3.10. The quantitative estimate of drug-likeness (QED) is 0.884. The summed E-state index contributed by atoms with van der Waals surface area (Å²) in [7, 11) is 0. The molecule has 0 radical (unpaired) electrons. The molecule has 0 spiro atoms. The maximum absolute atomic E-state index is 4.43. The van der Waals surface area contributed by atoms with Crippen LogP contribution in [0.2, 0.25) is 0 Å². The molecule has 0 amide bonds. The summed E-state index contributed by atoms with van der Waals surface area (Å²) in [5.74, 6) is 0.953. The predicted molar refractivity (Wildman–Crippen MR) is 79.8 cm³/mol. The van der Waals surface area contributed by atoms with Crippen molar-refractivity contribution in [1.82, 2.24) is 4.98 Å². The van der Waals surface area contributed by atoms with Crippen molar-refractivity contribution in [1.29, 1.82) is 0 Å². The van der Waals surface area contributed by atoms with Crippen LogP contribution in [0.4, 0.5) is 5.82 Å². The first-order valence-corrected chi connectivity index (χ1v) is 6.93. The van der Waals surface area contributed by atoms with Gasteiger partial charge in [0.05, 0.1) is 6.04 Å². The molecule has 18 heavy (non-hydrogen) atoms. The van der Waals surface area contributed by atoms with Gasteiger partial charge in [0.2, 0.25) is 0 Å².